The molecule has 0 saturated heterocycles. The van der Waals surface area contributed by atoms with Gasteiger partial charge in [0.25, 0.3) is 0 Å². The first-order valence-electron chi connectivity index (χ1n) is 4.14. The van der Waals surface area contributed by atoms with E-state index in [-0.39, 0.29) is 0 Å². The van der Waals surface area contributed by atoms with Crippen LogP contribution >= 0.6 is 0 Å². The molecule has 1 aliphatic carbocycles. The van der Waals surface area contributed by atoms with E-state index >= 15 is 0 Å². The van der Waals surface area contributed by atoms with Crippen molar-refractivity contribution in [2.45, 2.75) is 13.3 Å². The molecule has 0 N–H and O–H groups in total. The minimum absolute atomic E-state index is 0.990. The summed E-state index contributed by atoms with van der Waals surface area (Å²) in [5, 5.41) is 0. The molecule has 2 rings (SSSR count). The second kappa shape index (κ2) is 2.67. The number of fused-ring (bicyclic) bond motifs is 1. The lowest BCUT2D eigenvalue weighted by Crippen LogP contribution is -1.88. The van der Waals surface area contributed by atoms with E-state index in [9.17, 15) is 0 Å². The van der Waals surface area contributed by atoms with Crippen molar-refractivity contribution in [2.24, 2.45) is 0 Å². The SMILES string of the molecule is COc1cccc2c1C=C(C)C2. The van der Waals surface area contributed by atoms with Gasteiger partial charge in [-0.15, -0.1) is 0 Å². The number of hydrogen-bond donors (Lipinski definition) is 0. The molecule has 0 amide bonds. The molecule has 1 heteroatoms. The molecular formula is C11H12O. The highest BCUT2D eigenvalue weighted by Crippen LogP contribution is 2.31. The molecular weight excluding hydrogens is 148 g/mol. The maximum absolute atomic E-state index is 5.26. The summed E-state index contributed by atoms with van der Waals surface area (Å²) in [7, 11) is 1.72. The van der Waals surface area contributed by atoms with E-state index in [1.54, 1.807) is 7.11 Å². The molecule has 0 spiro atoms. The Morgan fingerprint density at radius 2 is 2.17 bits per heavy atom. The van der Waals surface area contributed by atoms with Gasteiger partial charge in [-0.05, 0) is 25.0 Å². The van der Waals surface area contributed by atoms with E-state index in [0.29, 0.717) is 0 Å². The highest BCUT2D eigenvalue weighted by atomic mass is 16.5. The molecule has 0 unspecified atom stereocenters. The van der Waals surface area contributed by atoms with Gasteiger partial charge in [0.1, 0.15) is 5.75 Å². The third-order valence-corrected chi connectivity index (χ3v) is 2.24. The Morgan fingerprint density at radius 3 is 2.92 bits per heavy atom. The summed E-state index contributed by atoms with van der Waals surface area (Å²) in [6, 6.07) is 6.21. The zero-order chi connectivity index (χ0) is 8.55. The second-order valence-electron chi connectivity index (χ2n) is 3.20. The maximum Gasteiger partial charge on any atom is 0.126 e. The Balaban J connectivity index is 2.55. The Labute approximate surface area is 72.7 Å². The van der Waals surface area contributed by atoms with Crippen LogP contribution in [0.15, 0.2) is 23.8 Å². The Bertz CT molecular complexity index is 337. The van der Waals surface area contributed by atoms with Gasteiger partial charge in [-0.1, -0.05) is 23.8 Å². The van der Waals surface area contributed by atoms with Crippen molar-refractivity contribution in [3.63, 3.8) is 0 Å². The van der Waals surface area contributed by atoms with Crippen LogP contribution in [0.4, 0.5) is 0 Å². The minimum Gasteiger partial charge on any atom is -0.496 e. The highest BCUT2D eigenvalue weighted by Gasteiger charge is 2.12. The van der Waals surface area contributed by atoms with Crippen LogP contribution < -0.4 is 4.74 Å². The smallest absolute Gasteiger partial charge is 0.126 e. The second-order valence-corrected chi connectivity index (χ2v) is 3.20. The zero-order valence-corrected chi connectivity index (χ0v) is 7.42. The van der Waals surface area contributed by atoms with Gasteiger partial charge in [-0.25, -0.2) is 0 Å². The largest absolute Gasteiger partial charge is 0.496 e. The van der Waals surface area contributed by atoms with E-state index < -0.39 is 0 Å². The molecule has 1 aromatic carbocycles. The predicted molar refractivity (Wildman–Crippen MR) is 50.3 cm³/mol. The lowest BCUT2D eigenvalue weighted by Gasteiger charge is -2.04. The van der Waals surface area contributed by atoms with Gasteiger partial charge in [0.05, 0.1) is 7.11 Å². The van der Waals surface area contributed by atoms with Gasteiger partial charge in [-0.3, -0.25) is 0 Å². The molecule has 0 heterocycles. The van der Waals surface area contributed by atoms with Crippen molar-refractivity contribution in [3.05, 3.63) is 34.9 Å². The quantitative estimate of drug-likeness (QED) is 0.613. The summed E-state index contributed by atoms with van der Waals surface area (Å²) in [4.78, 5) is 0. The first-order valence-corrected chi connectivity index (χ1v) is 4.14. The highest BCUT2D eigenvalue weighted by molar-refractivity contribution is 5.68. The Kier molecular flexibility index (Phi) is 1.65. The van der Waals surface area contributed by atoms with Gasteiger partial charge >= 0.3 is 0 Å². The molecule has 62 valence electrons. The van der Waals surface area contributed by atoms with Crippen LogP contribution in [-0.4, -0.2) is 7.11 Å². The summed E-state index contributed by atoms with van der Waals surface area (Å²) in [6.45, 7) is 2.15. The summed E-state index contributed by atoms with van der Waals surface area (Å²) in [5.74, 6) is 0.990. The maximum atomic E-state index is 5.26. The molecule has 0 radical (unpaired) electrons. The lowest BCUT2D eigenvalue weighted by molar-refractivity contribution is 0.413. The van der Waals surface area contributed by atoms with Gasteiger partial charge in [-0.2, -0.15) is 0 Å². The van der Waals surface area contributed by atoms with Crippen molar-refractivity contribution in [3.8, 4) is 5.75 Å². The number of methoxy groups -OCH3 is 1. The van der Waals surface area contributed by atoms with Crippen molar-refractivity contribution < 1.29 is 4.74 Å². The van der Waals surface area contributed by atoms with Crippen LogP contribution in [0.3, 0.4) is 0 Å². The normalized spacial score (nSPS) is 14.0. The number of hydrogen-bond acceptors (Lipinski definition) is 1. The minimum atomic E-state index is 0.990. The first kappa shape index (κ1) is 7.41. The van der Waals surface area contributed by atoms with Gasteiger partial charge in [0.15, 0.2) is 0 Å². The fraction of sp³-hybridized carbons (Fsp3) is 0.273. The molecule has 1 nitrogen and oxygen atoms in total. The van der Waals surface area contributed by atoms with Crippen LogP contribution in [0.1, 0.15) is 18.1 Å². The molecule has 0 fully saturated rings. The number of rotatable bonds is 1. The third kappa shape index (κ3) is 1.02. The van der Waals surface area contributed by atoms with Crippen molar-refractivity contribution >= 4 is 6.08 Å². The van der Waals surface area contributed by atoms with Gasteiger partial charge in [0.2, 0.25) is 0 Å². The number of allylic oxidation sites excluding steroid dienone is 1. The van der Waals surface area contributed by atoms with E-state index in [1.807, 2.05) is 12.1 Å². The molecule has 1 aromatic rings. The molecule has 0 bridgehead atoms. The summed E-state index contributed by atoms with van der Waals surface area (Å²) in [6.07, 6.45) is 3.28. The van der Waals surface area contributed by atoms with Crippen LogP contribution in [0, 0.1) is 0 Å². The van der Waals surface area contributed by atoms with E-state index in [1.165, 1.54) is 16.7 Å². The summed E-state index contributed by atoms with van der Waals surface area (Å²) < 4.78 is 5.26. The standard InChI is InChI=1S/C11H12O/c1-8-6-9-4-3-5-11(12-2)10(9)7-8/h3-5,7H,6H2,1-2H3. The summed E-state index contributed by atoms with van der Waals surface area (Å²) in [5.41, 5.74) is 4.05. The monoisotopic (exact) mass is 160 g/mol. The molecule has 0 aliphatic heterocycles. The van der Waals surface area contributed by atoms with Crippen LogP contribution in [0.25, 0.3) is 6.08 Å². The van der Waals surface area contributed by atoms with Crippen LogP contribution in [0.5, 0.6) is 5.75 Å². The molecule has 12 heavy (non-hydrogen) atoms. The third-order valence-electron chi connectivity index (χ3n) is 2.24. The fourth-order valence-electron chi connectivity index (χ4n) is 1.68. The average molecular weight is 160 g/mol. The van der Waals surface area contributed by atoms with Crippen molar-refractivity contribution in [1.29, 1.82) is 0 Å². The van der Waals surface area contributed by atoms with E-state index in [0.717, 1.165) is 12.2 Å². The summed E-state index contributed by atoms with van der Waals surface area (Å²) >= 11 is 0. The molecule has 0 saturated carbocycles. The first-order chi connectivity index (χ1) is 5.81. The molecule has 0 aromatic heterocycles. The van der Waals surface area contributed by atoms with E-state index in [4.69, 9.17) is 4.74 Å². The predicted octanol–water partition coefficient (Wildman–Crippen LogP) is 2.65. The van der Waals surface area contributed by atoms with Gasteiger partial charge in [0, 0.05) is 5.56 Å². The molecule has 0 atom stereocenters. The van der Waals surface area contributed by atoms with Crippen molar-refractivity contribution in [2.75, 3.05) is 7.11 Å². The number of benzene rings is 1. The van der Waals surface area contributed by atoms with Crippen molar-refractivity contribution in [1.82, 2.24) is 0 Å². The molecule has 1 aliphatic rings. The zero-order valence-electron chi connectivity index (χ0n) is 7.42. The topological polar surface area (TPSA) is 9.23 Å². The number of ether oxygens (including phenoxy) is 1. The van der Waals surface area contributed by atoms with Gasteiger partial charge < -0.3 is 4.74 Å². The average Bonchev–Trinajstić information content (AvgIpc) is 2.44. The fourth-order valence-corrected chi connectivity index (χ4v) is 1.68. The van der Waals surface area contributed by atoms with Crippen LogP contribution in [0.2, 0.25) is 0 Å². The van der Waals surface area contributed by atoms with E-state index in [2.05, 4.69) is 19.1 Å². The Hall–Kier alpha value is -1.24. The lowest BCUT2D eigenvalue weighted by atomic mass is 10.1. The van der Waals surface area contributed by atoms with Crippen LogP contribution in [-0.2, 0) is 6.42 Å². The Morgan fingerprint density at radius 1 is 1.33 bits per heavy atom.